The smallest absolute Gasteiger partial charge is 0.327 e. The van der Waals surface area contributed by atoms with Crippen molar-refractivity contribution in [2.75, 3.05) is 5.32 Å². The maximum atomic E-state index is 13.6. The monoisotopic (exact) mass is 284 g/mol. The van der Waals surface area contributed by atoms with E-state index in [0.29, 0.717) is 17.9 Å². The van der Waals surface area contributed by atoms with E-state index in [1.54, 1.807) is 0 Å². The van der Waals surface area contributed by atoms with E-state index in [-0.39, 0.29) is 11.7 Å². The molecule has 0 aromatic heterocycles. The minimum atomic E-state index is -1.14. The van der Waals surface area contributed by atoms with Crippen molar-refractivity contribution >= 4 is 11.4 Å². The zero-order valence-corrected chi connectivity index (χ0v) is 11.5. The molecule has 0 aliphatic heterocycles. The summed E-state index contributed by atoms with van der Waals surface area (Å²) in [6, 6.07) is 1.54. The summed E-state index contributed by atoms with van der Waals surface area (Å²) in [6.07, 6.45) is 2.93. The Bertz CT molecular complexity index is 522. The topological polar surface area (TPSA) is 55.2 Å². The molecule has 0 saturated heterocycles. The van der Waals surface area contributed by atoms with Crippen LogP contribution < -0.4 is 5.32 Å². The summed E-state index contributed by atoms with van der Waals surface area (Å²) in [5, 5.41) is 13.9. The molecule has 20 heavy (non-hydrogen) atoms. The van der Waals surface area contributed by atoms with Crippen LogP contribution in [0.25, 0.3) is 0 Å². The molecule has 4 nitrogen and oxygen atoms in total. The van der Waals surface area contributed by atoms with Gasteiger partial charge in [0, 0.05) is 18.2 Å². The Morgan fingerprint density at radius 3 is 2.65 bits per heavy atom. The molecule has 0 heterocycles. The Morgan fingerprint density at radius 2 is 2.10 bits per heavy atom. The van der Waals surface area contributed by atoms with E-state index >= 15 is 0 Å². The number of anilines is 1. The molecule has 3 atom stereocenters. The van der Waals surface area contributed by atoms with Gasteiger partial charge >= 0.3 is 5.69 Å². The van der Waals surface area contributed by atoms with Crippen LogP contribution in [0, 0.1) is 33.6 Å². The molecule has 1 aromatic carbocycles. The normalized spacial score (nSPS) is 25.7. The van der Waals surface area contributed by atoms with E-state index < -0.39 is 22.2 Å². The number of nitrogens with zero attached hydrogens (tertiary/aromatic N) is 1. The lowest BCUT2D eigenvalue weighted by Crippen LogP contribution is -2.25. The molecule has 3 unspecified atom stereocenters. The first-order valence-corrected chi connectivity index (χ1v) is 6.84. The third-order valence-corrected chi connectivity index (χ3v) is 4.30. The van der Waals surface area contributed by atoms with Gasteiger partial charge in [-0.15, -0.1) is 0 Å². The summed E-state index contributed by atoms with van der Waals surface area (Å²) in [5.74, 6) is -1.08. The predicted molar refractivity (Wildman–Crippen MR) is 72.6 cm³/mol. The lowest BCUT2D eigenvalue weighted by atomic mass is 9.93. The molecule has 1 aromatic rings. The maximum Gasteiger partial charge on any atom is 0.327 e. The number of benzene rings is 1. The number of halogens is 2. The van der Waals surface area contributed by atoms with Gasteiger partial charge in [-0.05, 0) is 24.7 Å². The molecule has 1 fully saturated rings. The molecule has 1 aliphatic carbocycles. The second-order valence-corrected chi connectivity index (χ2v) is 5.40. The molecule has 6 heteroatoms. The third-order valence-electron chi connectivity index (χ3n) is 4.30. The first-order chi connectivity index (χ1) is 9.43. The highest BCUT2D eigenvalue weighted by Gasteiger charge is 2.33. The fraction of sp³-hybridized carbons (Fsp3) is 0.571. The summed E-state index contributed by atoms with van der Waals surface area (Å²) in [4.78, 5) is 10.1. The first-order valence-electron chi connectivity index (χ1n) is 6.84. The van der Waals surface area contributed by atoms with Gasteiger partial charge in [0.15, 0.2) is 0 Å². The molecule has 0 bridgehead atoms. The van der Waals surface area contributed by atoms with Crippen LogP contribution in [0.2, 0.25) is 0 Å². The average molecular weight is 284 g/mol. The molecule has 1 aliphatic rings. The van der Waals surface area contributed by atoms with E-state index in [1.165, 1.54) is 0 Å². The number of hydrogen-bond acceptors (Lipinski definition) is 3. The van der Waals surface area contributed by atoms with Crippen molar-refractivity contribution < 1.29 is 13.7 Å². The van der Waals surface area contributed by atoms with Crippen molar-refractivity contribution in [2.24, 2.45) is 11.8 Å². The Morgan fingerprint density at radius 1 is 1.40 bits per heavy atom. The Kier molecular flexibility index (Phi) is 4.20. The third kappa shape index (κ3) is 2.73. The largest absolute Gasteiger partial charge is 0.376 e. The van der Waals surface area contributed by atoms with Crippen molar-refractivity contribution in [1.82, 2.24) is 0 Å². The van der Waals surface area contributed by atoms with Crippen LogP contribution in [-0.4, -0.2) is 11.0 Å². The van der Waals surface area contributed by atoms with Gasteiger partial charge in [-0.3, -0.25) is 10.1 Å². The van der Waals surface area contributed by atoms with Gasteiger partial charge in [0.1, 0.15) is 11.5 Å². The highest BCUT2D eigenvalue weighted by Crippen LogP contribution is 2.38. The molecule has 1 saturated carbocycles. The minimum absolute atomic E-state index is 0.0137. The van der Waals surface area contributed by atoms with Crippen LogP contribution in [0.3, 0.4) is 0 Å². The van der Waals surface area contributed by atoms with E-state index in [1.807, 2.05) is 0 Å². The molecule has 0 radical (unpaired) electrons. The Labute approximate surface area is 116 Å². The zero-order chi connectivity index (χ0) is 14.9. The zero-order valence-electron chi connectivity index (χ0n) is 11.5. The van der Waals surface area contributed by atoms with E-state index in [9.17, 15) is 18.9 Å². The SMILES string of the molecule is CCC1CCC(Nc2cc(F)cc(F)c2[N+](=O)[O-])C1C. The average Bonchev–Trinajstić information content (AvgIpc) is 2.69. The minimum Gasteiger partial charge on any atom is -0.376 e. The number of rotatable bonds is 4. The molecule has 2 rings (SSSR count). The first kappa shape index (κ1) is 14.7. The van der Waals surface area contributed by atoms with E-state index in [2.05, 4.69) is 19.2 Å². The van der Waals surface area contributed by atoms with Crippen LogP contribution in [0.1, 0.15) is 33.1 Å². The Hall–Kier alpha value is -1.72. The van der Waals surface area contributed by atoms with Crippen LogP contribution in [0.5, 0.6) is 0 Å². The summed E-state index contributed by atoms with van der Waals surface area (Å²) in [7, 11) is 0. The van der Waals surface area contributed by atoms with Crippen molar-refractivity contribution in [1.29, 1.82) is 0 Å². The summed E-state index contributed by atoms with van der Waals surface area (Å²) >= 11 is 0. The van der Waals surface area contributed by atoms with Crippen molar-refractivity contribution in [3.05, 3.63) is 33.9 Å². The highest BCUT2D eigenvalue weighted by atomic mass is 19.1. The van der Waals surface area contributed by atoms with Crippen LogP contribution >= 0.6 is 0 Å². The second kappa shape index (κ2) is 5.73. The standard InChI is InChI=1S/C14H18F2N2O2/c1-3-9-4-5-12(8(9)2)17-13-7-10(15)6-11(16)14(13)18(19)20/h6-9,12,17H,3-5H2,1-2H3. The number of hydrogen-bond donors (Lipinski definition) is 1. The van der Waals surface area contributed by atoms with Gasteiger partial charge in [0.05, 0.1) is 4.92 Å². The van der Waals surface area contributed by atoms with Gasteiger partial charge in [-0.1, -0.05) is 20.3 Å². The molecule has 0 spiro atoms. The fourth-order valence-corrected chi connectivity index (χ4v) is 3.09. The molecular weight excluding hydrogens is 266 g/mol. The summed E-state index contributed by atoms with van der Waals surface area (Å²) < 4.78 is 26.8. The van der Waals surface area contributed by atoms with Crippen molar-refractivity contribution in [3.63, 3.8) is 0 Å². The van der Waals surface area contributed by atoms with Crippen molar-refractivity contribution in [3.8, 4) is 0 Å². The highest BCUT2D eigenvalue weighted by molar-refractivity contribution is 5.62. The van der Waals surface area contributed by atoms with E-state index in [4.69, 9.17) is 0 Å². The van der Waals surface area contributed by atoms with Gasteiger partial charge in [-0.25, -0.2) is 4.39 Å². The van der Waals surface area contributed by atoms with Crippen molar-refractivity contribution in [2.45, 2.75) is 39.2 Å². The molecule has 0 amide bonds. The second-order valence-electron chi connectivity index (χ2n) is 5.40. The van der Waals surface area contributed by atoms with Crippen LogP contribution in [0.4, 0.5) is 20.2 Å². The number of nitrogens with one attached hydrogen (secondary N) is 1. The van der Waals surface area contributed by atoms with E-state index in [0.717, 1.165) is 25.3 Å². The van der Waals surface area contributed by atoms with Crippen LogP contribution in [0.15, 0.2) is 12.1 Å². The maximum absolute atomic E-state index is 13.6. The van der Waals surface area contributed by atoms with Gasteiger partial charge in [0.25, 0.3) is 0 Å². The van der Waals surface area contributed by atoms with Gasteiger partial charge in [-0.2, -0.15) is 4.39 Å². The molecule has 1 N–H and O–H groups in total. The number of nitro benzene ring substituents is 1. The van der Waals surface area contributed by atoms with Crippen LogP contribution in [-0.2, 0) is 0 Å². The summed E-state index contributed by atoms with van der Waals surface area (Å²) in [5.41, 5.74) is -0.750. The lowest BCUT2D eigenvalue weighted by Gasteiger charge is -2.22. The van der Waals surface area contributed by atoms with Gasteiger partial charge in [0.2, 0.25) is 5.82 Å². The molecular formula is C14H18F2N2O2. The fourth-order valence-electron chi connectivity index (χ4n) is 3.09. The quantitative estimate of drug-likeness (QED) is 0.668. The predicted octanol–water partition coefficient (Wildman–Crippen LogP) is 4.11. The summed E-state index contributed by atoms with van der Waals surface area (Å²) in [6.45, 7) is 4.17. The molecule has 110 valence electrons. The van der Waals surface area contributed by atoms with Gasteiger partial charge < -0.3 is 5.32 Å². The Balaban J connectivity index is 2.27. The number of nitro groups is 1. The lowest BCUT2D eigenvalue weighted by molar-refractivity contribution is -0.386.